The summed E-state index contributed by atoms with van der Waals surface area (Å²) in [6.07, 6.45) is 3.08. The van der Waals surface area contributed by atoms with Crippen LogP contribution in [0.4, 0.5) is 11.4 Å². The van der Waals surface area contributed by atoms with Crippen LogP contribution in [0.1, 0.15) is 10.5 Å². The van der Waals surface area contributed by atoms with Gasteiger partial charge in [0.25, 0.3) is 11.6 Å². The molecule has 0 aliphatic rings. The summed E-state index contributed by atoms with van der Waals surface area (Å²) < 4.78 is 1.70. The van der Waals surface area contributed by atoms with Crippen LogP contribution in [0.3, 0.4) is 0 Å². The average molecular weight is 351 g/mol. The van der Waals surface area contributed by atoms with Crippen molar-refractivity contribution in [3.05, 3.63) is 82.9 Å². The van der Waals surface area contributed by atoms with Crippen molar-refractivity contribution in [2.75, 3.05) is 18.4 Å². The Kier molecular flexibility index (Phi) is 5.23. The smallest absolute Gasteiger partial charge is 0.292 e. The molecule has 0 aliphatic heterocycles. The number of nitro benzene ring substituents is 1. The van der Waals surface area contributed by atoms with Crippen molar-refractivity contribution >= 4 is 17.3 Å². The molecule has 3 aromatic rings. The van der Waals surface area contributed by atoms with E-state index in [0.717, 1.165) is 5.69 Å². The minimum absolute atomic E-state index is 0.000908. The second kappa shape index (κ2) is 7.93. The lowest BCUT2D eigenvalue weighted by Crippen LogP contribution is -2.30. The molecule has 0 bridgehead atoms. The highest BCUT2D eigenvalue weighted by Crippen LogP contribution is 2.22. The first kappa shape index (κ1) is 17.2. The van der Waals surface area contributed by atoms with Crippen LogP contribution in [0.25, 0.3) is 5.69 Å². The fourth-order valence-electron chi connectivity index (χ4n) is 2.50. The second-order valence-corrected chi connectivity index (χ2v) is 5.44. The van der Waals surface area contributed by atoms with E-state index in [2.05, 4.69) is 15.6 Å². The normalized spacial score (nSPS) is 10.3. The van der Waals surface area contributed by atoms with Gasteiger partial charge in [0.05, 0.1) is 17.4 Å². The van der Waals surface area contributed by atoms with Gasteiger partial charge < -0.3 is 10.6 Å². The van der Waals surface area contributed by atoms with Gasteiger partial charge in [0.1, 0.15) is 11.4 Å². The Morgan fingerprint density at radius 3 is 2.58 bits per heavy atom. The number of aromatic nitrogens is 2. The zero-order valence-corrected chi connectivity index (χ0v) is 13.8. The van der Waals surface area contributed by atoms with Crippen molar-refractivity contribution in [1.29, 1.82) is 0 Å². The molecule has 132 valence electrons. The molecule has 1 heterocycles. The molecule has 8 nitrogen and oxygen atoms in total. The highest BCUT2D eigenvalue weighted by atomic mass is 16.6. The minimum Gasteiger partial charge on any atom is -0.378 e. The van der Waals surface area contributed by atoms with E-state index in [0.29, 0.717) is 24.5 Å². The molecule has 0 spiro atoms. The minimum atomic E-state index is -0.445. The standard InChI is InChI=1S/C18H17N5O3/c24-18(17-12-19-13-22(17)14-6-2-1-3-7-14)21-11-10-20-15-8-4-5-9-16(15)23(25)26/h1-9,12-13,20H,10-11H2,(H,21,24). The van der Waals surface area contributed by atoms with Gasteiger partial charge in [-0.05, 0) is 18.2 Å². The predicted octanol–water partition coefficient (Wildman–Crippen LogP) is 2.62. The predicted molar refractivity (Wildman–Crippen MR) is 97.5 cm³/mol. The van der Waals surface area contributed by atoms with E-state index < -0.39 is 4.92 Å². The zero-order valence-electron chi connectivity index (χ0n) is 13.8. The highest BCUT2D eigenvalue weighted by molar-refractivity contribution is 5.93. The molecule has 8 heteroatoms. The van der Waals surface area contributed by atoms with Crippen LogP contribution in [-0.4, -0.2) is 33.5 Å². The molecule has 0 aliphatic carbocycles. The summed E-state index contributed by atoms with van der Waals surface area (Å²) in [7, 11) is 0. The first-order chi connectivity index (χ1) is 12.7. The first-order valence-corrected chi connectivity index (χ1v) is 8.00. The third-order valence-corrected chi connectivity index (χ3v) is 3.73. The molecule has 0 saturated carbocycles. The maximum Gasteiger partial charge on any atom is 0.292 e. The number of hydrogen-bond donors (Lipinski definition) is 2. The van der Waals surface area contributed by atoms with Crippen LogP contribution >= 0.6 is 0 Å². The lowest BCUT2D eigenvalue weighted by atomic mass is 10.2. The van der Waals surface area contributed by atoms with E-state index in [1.54, 1.807) is 29.1 Å². The van der Waals surface area contributed by atoms with Gasteiger partial charge in [0.2, 0.25) is 0 Å². The number of anilines is 1. The fraction of sp³-hybridized carbons (Fsp3) is 0.111. The molecular formula is C18H17N5O3. The molecule has 1 aromatic heterocycles. The number of para-hydroxylation sites is 3. The summed E-state index contributed by atoms with van der Waals surface area (Å²) in [5.41, 5.74) is 1.68. The zero-order chi connectivity index (χ0) is 18.4. The van der Waals surface area contributed by atoms with Crippen LogP contribution < -0.4 is 10.6 Å². The number of nitrogens with zero attached hydrogens (tertiary/aromatic N) is 3. The monoisotopic (exact) mass is 351 g/mol. The number of rotatable bonds is 7. The Hall–Kier alpha value is -3.68. The van der Waals surface area contributed by atoms with E-state index >= 15 is 0 Å². The van der Waals surface area contributed by atoms with Gasteiger partial charge in [0, 0.05) is 24.8 Å². The molecular weight excluding hydrogens is 334 g/mol. The molecule has 2 N–H and O–H groups in total. The summed E-state index contributed by atoms with van der Waals surface area (Å²) >= 11 is 0. The fourth-order valence-corrected chi connectivity index (χ4v) is 2.50. The van der Waals surface area contributed by atoms with E-state index in [-0.39, 0.29) is 11.6 Å². The van der Waals surface area contributed by atoms with Gasteiger partial charge in [-0.15, -0.1) is 0 Å². The Morgan fingerprint density at radius 1 is 1.08 bits per heavy atom. The summed E-state index contributed by atoms with van der Waals surface area (Å²) in [5, 5.41) is 16.7. The van der Waals surface area contributed by atoms with E-state index in [1.807, 2.05) is 30.3 Å². The van der Waals surface area contributed by atoms with Crippen molar-refractivity contribution in [3.8, 4) is 5.69 Å². The summed E-state index contributed by atoms with van der Waals surface area (Å²) in [4.78, 5) is 26.9. The van der Waals surface area contributed by atoms with Gasteiger partial charge in [-0.25, -0.2) is 4.98 Å². The maximum absolute atomic E-state index is 12.4. The average Bonchev–Trinajstić information content (AvgIpc) is 3.16. The highest BCUT2D eigenvalue weighted by Gasteiger charge is 2.14. The molecule has 26 heavy (non-hydrogen) atoms. The summed E-state index contributed by atoms with van der Waals surface area (Å²) in [6.45, 7) is 0.668. The van der Waals surface area contributed by atoms with Crippen LogP contribution in [0, 0.1) is 10.1 Å². The Labute approximate surface area is 149 Å². The van der Waals surface area contributed by atoms with Crippen molar-refractivity contribution in [3.63, 3.8) is 0 Å². The molecule has 3 rings (SSSR count). The van der Waals surface area contributed by atoms with Crippen LogP contribution in [0.2, 0.25) is 0 Å². The topological polar surface area (TPSA) is 102 Å². The number of benzene rings is 2. The molecule has 0 unspecified atom stereocenters. The molecule has 0 atom stereocenters. The molecule has 2 aromatic carbocycles. The number of amides is 1. The Bertz CT molecular complexity index is 908. The van der Waals surface area contributed by atoms with Gasteiger partial charge >= 0.3 is 0 Å². The summed E-state index contributed by atoms with van der Waals surface area (Å²) in [5.74, 6) is -0.268. The third-order valence-electron chi connectivity index (χ3n) is 3.73. The largest absolute Gasteiger partial charge is 0.378 e. The number of nitrogens with one attached hydrogen (secondary N) is 2. The lowest BCUT2D eigenvalue weighted by Gasteiger charge is -2.10. The van der Waals surface area contributed by atoms with E-state index in [4.69, 9.17) is 0 Å². The maximum atomic E-state index is 12.4. The van der Waals surface area contributed by atoms with Crippen molar-refractivity contribution < 1.29 is 9.72 Å². The lowest BCUT2D eigenvalue weighted by molar-refractivity contribution is -0.384. The van der Waals surface area contributed by atoms with E-state index in [9.17, 15) is 14.9 Å². The van der Waals surface area contributed by atoms with Crippen molar-refractivity contribution in [2.45, 2.75) is 0 Å². The molecule has 1 amide bonds. The van der Waals surface area contributed by atoms with Gasteiger partial charge in [-0.1, -0.05) is 30.3 Å². The van der Waals surface area contributed by atoms with Crippen LogP contribution in [0.15, 0.2) is 67.1 Å². The number of nitro groups is 1. The van der Waals surface area contributed by atoms with Gasteiger partial charge in [0.15, 0.2) is 0 Å². The number of carbonyl (C=O) groups is 1. The third kappa shape index (κ3) is 3.86. The Morgan fingerprint density at radius 2 is 1.81 bits per heavy atom. The first-order valence-electron chi connectivity index (χ1n) is 8.00. The van der Waals surface area contributed by atoms with Gasteiger partial charge in [-0.3, -0.25) is 19.5 Å². The van der Waals surface area contributed by atoms with Gasteiger partial charge in [-0.2, -0.15) is 0 Å². The van der Waals surface area contributed by atoms with Crippen molar-refractivity contribution in [1.82, 2.24) is 14.9 Å². The summed E-state index contributed by atoms with van der Waals surface area (Å²) in [6, 6.07) is 15.8. The molecule has 0 radical (unpaired) electrons. The SMILES string of the molecule is O=C(NCCNc1ccccc1[N+](=O)[O-])c1cncn1-c1ccccc1. The number of carbonyl (C=O) groups excluding carboxylic acids is 1. The number of imidazole rings is 1. The van der Waals surface area contributed by atoms with Crippen LogP contribution in [-0.2, 0) is 0 Å². The molecule has 0 saturated heterocycles. The van der Waals surface area contributed by atoms with Crippen LogP contribution in [0.5, 0.6) is 0 Å². The molecule has 0 fully saturated rings. The number of hydrogen-bond acceptors (Lipinski definition) is 5. The second-order valence-electron chi connectivity index (χ2n) is 5.44. The van der Waals surface area contributed by atoms with E-state index in [1.165, 1.54) is 12.3 Å². The Balaban J connectivity index is 1.58. The quantitative estimate of drug-likeness (QED) is 0.387. The van der Waals surface area contributed by atoms with Crippen molar-refractivity contribution in [2.24, 2.45) is 0 Å².